The zero-order valence-corrected chi connectivity index (χ0v) is 6.40. The molecule has 0 fully saturated rings. The van der Waals surface area contributed by atoms with Crippen LogP contribution in [-0.4, -0.2) is 0 Å². The van der Waals surface area contributed by atoms with Crippen LogP contribution in [0.1, 0.15) is 0 Å². The summed E-state index contributed by atoms with van der Waals surface area (Å²) in [4.78, 5) is 0. The molecular weight excluding hydrogens is 219 g/mol. The second-order valence-electron chi connectivity index (χ2n) is 0. The summed E-state index contributed by atoms with van der Waals surface area (Å²) in [6, 6.07) is 0. The van der Waals surface area contributed by atoms with Crippen LogP contribution in [0.15, 0.2) is 0 Å². The summed E-state index contributed by atoms with van der Waals surface area (Å²) < 4.78 is 0. The fourth-order valence-corrected chi connectivity index (χ4v) is 0. The zero-order chi connectivity index (χ0) is 2.00. The molecule has 0 spiro atoms. The second kappa shape index (κ2) is 20.8. The van der Waals surface area contributed by atoms with Gasteiger partial charge >= 0.3 is 0 Å². The average Bonchev–Trinajstić information content (AvgIpc) is 1.00. The van der Waals surface area contributed by atoms with Gasteiger partial charge < -0.3 is 0 Å². The number of rotatable bonds is 0. The van der Waals surface area contributed by atoms with Crippen LogP contribution < -0.4 is 0 Å². The fraction of sp³-hybridized carbons (Fsp3) is 0. The van der Waals surface area contributed by atoms with Crippen molar-refractivity contribution in [1.29, 1.82) is 0 Å². The molecule has 0 nitrogen and oxygen atoms in total. The van der Waals surface area contributed by atoms with Gasteiger partial charge in [0, 0.05) is 37.6 Å². The van der Waals surface area contributed by atoms with E-state index >= 15 is 0 Å². The van der Waals surface area contributed by atoms with Gasteiger partial charge in [-0.3, -0.25) is 0 Å². The molecule has 0 saturated carbocycles. The van der Waals surface area contributed by atoms with Crippen molar-refractivity contribution in [3.63, 3.8) is 0 Å². The average molecular weight is 221 g/mol. The normalized spacial score (nSPS) is 1.50. The Kier molecular flexibility index (Phi) is 87.7. The smallest absolute Gasteiger partial charge is 0 e. The summed E-state index contributed by atoms with van der Waals surface area (Å²) in [5.41, 5.74) is 0. The van der Waals surface area contributed by atoms with Gasteiger partial charge in [-0.05, 0) is 0 Å². The molecule has 0 amide bonds. The third-order valence-corrected chi connectivity index (χ3v) is 0. The monoisotopic (exact) mass is 222 g/mol. The van der Waals surface area contributed by atoms with E-state index in [9.17, 15) is 0 Å². The maximum atomic E-state index is 3.22. The van der Waals surface area contributed by atoms with Crippen LogP contribution in [0.3, 0.4) is 0 Å². The largest absolute Gasteiger partial charge is 0.115 e. The summed E-state index contributed by atoms with van der Waals surface area (Å²) in [7, 11) is 0. The minimum atomic E-state index is 0. The summed E-state index contributed by atoms with van der Waals surface area (Å²) in [6.45, 7) is 0. The van der Waals surface area contributed by atoms with Gasteiger partial charge in [-0.25, -0.2) is 0 Å². The van der Waals surface area contributed by atoms with Gasteiger partial charge in [0.1, 0.15) is 0 Å². The van der Waals surface area contributed by atoms with Gasteiger partial charge in [0.25, 0.3) is 0 Å². The Labute approximate surface area is 60.5 Å². The Bertz CT molecular complexity index is 6.00. The van der Waals surface area contributed by atoms with Gasteiger partial charge in [-0.1, -0.05) is 0 Å². The maximum Gasteiger partial charge on any atom is 0 e. The first kappa shape index (κ1) is 16.9. The molecular formula is H2MoNiS2. The maximum absolute atomic E-state index is 3.22. The summed E-state index contributed by atoms with van der Waals surface area (Å²) in [5.74, 6) is 0. The van der Waals surface area contributed by atoms with Crippen LogP contribution >= 0.6 is 23.3 Å². The van der Waals surface area contributed by atoms with Crippen LogP contribution in [0.2, 0.25) is 0 Å². The van der Waals surface area contributed by atoms with Crippen molar-refractivity contribution in [3.8, 4) is 0 Å². The molecule has 0 heterocycles. The van der Waals surface area contributed by atoms with E-state index in [1.54, 1.807) is 0 Å². The SMILES string of the molecule is SS.[Mo].[Ni]. The third-order valence-electron chi connectivity index (χ3n) is 0. The van der Waals surface area contributed by atoms with E-state index in [0.29, 0.717) is 0 Å². The van der Waals surface area contributed by atoms with E-state index in [1.807, 2.05) is 0 Å². The first-order valence-electron chi connectivity index (χ1n) is 0.200. The van der Waals surface area contributed by atoms with Gasteiger partial charge in [0.15, 0.2) is 0 Å². The van der Waals surface area contributed by atoms with Crippen molar-refractivity contribution in [2.45, 2.75) is 0 Å². The molecule has 0 radical (unpaired) electrons. The predicted octanol–water partition coefficient (Wildman–Crippen LogP) is 0.756. The minimum Gasteiger partial charge on any atom is -0.115 e. The van der Waals surface area contributed by atoms with Crippen LogP contribution in [0.5, 0.6) is 0 Å². The minimum absolute atomic E-state index is 0. The first-order chi connectivity index (χ1) is 1.00. The molecule has 0 aliphatic carbocycles. The Balaban J connectivity index is -0.00000000500. The van der Waals surface area contributed by atoms with Gasteiger partial charge in [-0.2, -0.15) is 0 Å². The molecule has 4 heavy (non-hydrogen) atoms. The standard InChI is InChI=1S/Mo.Ni.H2S2/c;;1-2/h;;1-2H. The summed E-state index contributed by atoms with van der Waals surface area (Å²) >= 11 is 6.44. The topological polar surface area (TPSA) is 0 Å². The molecule has 0 saturated heterocycles. The number of thiol groups is 2. The van der Waals surface area contributed by atoms with E-state index < -0.39 is 0 Å². The fourth-order valence-electron chi connectivity index (χ4n) is 0. The Morgan fingerprint density at radius 2 is 1.00 bits per heavy atom. The van der Waals surface area contributed by atoms with Crippen molar-refractivity contribution in [1.82, 2.24) is 0 Å². The second-order valence-corrected chi connectivity index (χ2v) is 0. The van der Waals surface area contributed by atoms with Crippen molar-refractivity contribution < 1.29 is 37.6 Å². The third kappa shape index (κ3) is 9.10. The van der Waals surface area contributed by atoms with Crippen molar-refractivity contribution in [2.24, 2.45) is 0 Å². The molecule has 0 aliphatic heterocycles. The van der Waals surface area contributed by atoms with Crippen LogP contribution in [-0.2, 0) is 37.6 Å². The molecule has 0 atom stereocenters. The molecule has 30 valence electrons. The molecule has 0 aromatic rings. The van der Waals surface area contributed by atoms with E-state index in [0.717, 1.165) is 0 Å². The summed E-state index contributed by atoms with van der Waals surface area (Å²) in [5, 5.41) is 0. The van der Waals surface area contributed by atoms with Crippen molar-refractivity contribution in [2.75, 3.05) is 0 Å². The van der Waals surface area contributed by atoms with E-state index in [1.165, 1.54) is 0 Å². The Morgan fingerprint density at radius 1 is 1.00 bits per heavy atom. The molecule has 0 bridgehead atoms. The molecule has 0 aromatic heterocycles. The predicted molar refractivity (Wildman–Crippen MR) is 18.0 cm³/mol. The molecule has 0 rings (SSSR count). The number of hydrogen-bond acceptors (Lipinski definition) is 2. The number of hydrogen-bond donors (Lipinski definition) is 2. The zero-order valence-electron chi connectivity index (χ0n) is 1.62. The van der Waals surface area contributed by atoms with E-state index in [2.05, 4.69) is 23.3 Å². The van der Waals surface area contributed by atoms with Crippen molar-refractivity contribution in [3.05, 3.63) is 0 Å². The Hall–Kier alpha value is 1.88. The molecule has 0 unspecified atom stereocenters. The first-order valence-corrected chi connectivity index (χ1v) is 1.80. The van der Waals surface area contributed by atoms with Crippen LogP contribution in [0.4, 0.5) is 0 Å². The van der Waals surface area contributed by atoms with Gasteiger partial charge in [-0.15, -0.1) is 23.3 Å². The Morgan fingerprint density at radius 3 is 1.00 bits per heavy atom. The van der Waals surface area contributed by atoms with Crippen LogP contribution in [0, 0.1) is 0 Å². The van der Waals surface area contributed by atoms with E-state index in [-0.39, 0.29) is 37.6 Å². The van der Waals surface area contributed by atoms with Crippen LogP contribution in [0.25, 0.3) is 0 Å². The van der Waals surface area contributed by atoms with Crippen molar-refractivity contribution >= 4 is 23.3 Å². The molecule has 0 aromatic carbocycles. The quantitative estimate of drug-likeness (QED) is 0.336. The molecule has 0 N–H and O–H groups in total. The van der Waals surface area contributed by atoms with Gasteiger partial charge in [0.2, 0.25) is 0 Å². The van der Waals surface area contributed by atoms with E-state index in [4.69, 9.17) is 0 Å². The van der Waals surface area contributed by atoms with Gasteiger partial charge in [0.05, 0.1) is 0 Å². The molecule has 4 heteroatoms. The summed E-state index contributed by atoms with van der Waals surface area (Å²) in [6.07, 6.45) is 0. The molecule has 0 aliphatic rings.